The molecule has 3 unspecified atom stereocenters. The number of rotatable bonds is 4. The van der Waals surface area contributed by atoms with Gasteiger partial charge < -0.3 is 9.47 Å². The zero-order valence-corrected chi connectivity index (χ0v) is 12.1. The van der Waals surface area contributed by atoms with Crippen molar-refractivity contribution < 1.29 is 27.3 Å². The molecule has 3 atom stereocenters. The molecule has 1 saturated heterocycles. The highest BCUT2D eigenvalue weighted by molar-refractivity contribution is 7.85. The largest absolute Gasteiger partial charge is 0.468 e. The van der Waals surface area contributed by atoms with Crippen molar-refractivity contribution in [3.05, 3.63) is 29.8 Å². The fourth-order valence-electron chi connectivity index (χ4n) is 2.13. The summed E-state index contributed by atoms with van der Waals surface area (Å²) >= 11 is 0. The molecule has 1 aromatic rings. The second-order valence-electron chi connectivity index (χ2n) is 4.52. The maximum atomic E-state index is 12.1. The molecule has 116 valence electrons. The summed E-state index contributed by atoms with van der Waals surface area (Å²) < 4.78 is 44.9. The quantitative estimate of drug-likeness (QED) is 0.846. The van der Waals surface area contributed by atoms with Gasteiger partial charge in [-0.15, -0.1) is 0 Å². The summed E-state index contributed by atoms with van der Waals surface area (Å²) in [6.07, 6.45) is 0. The van der Waals surface area contributed by atoms with Crippen molar-refractivity contribution in [2.75, 3.05) is 18.6 Å². The molecule has 0 spiro atoms. The number of methoxy groups -OCH3 is 1. The van der Waals surface area contributed by atoms with Crippen LogP contribution in [0.1, 0.15) is 11.6 Å². The Hall–Kier alpha value is -1.54. The zero-order chi connectivity index (χ0) is 15.4. The molecular formula is C13H15F2NO4S. The predicted octanol–water partition coefficient (Wildman–Crippen LogP) is 1.22. The molecule has 1 fully saturated rings. The molecule has 1 aliphatic heterocycles. The van der Waals surface area contributed by atoms with Crippen LogP contribution in [0, 0.1) is 0 Å². The van der Waals surface area contributed by atoms with E-state index in [0.717, 1.165) is 5.56 Å². The van der Waals surface area contributed by atoms with E-state index in [4.69, 9.17) is 0 Å². The molecular weight excluding hydrogens is 304 g/mol. The Bertz CT molecular complexity index is 523. The Balaban J connectivity index is 2.09. The number of carbonyl (C=O) groups is 1. The summed E-state index contributed by atoms with van der Waals surface area (Å²) in [5.41, 5.74) is 0.749. The van der Waals surface area contributed by atoms with Crippen LogP contribution in [0.2, 0.25) is 0 Å². The van der Waals surface area contributed by atoms with Crippen LogP contribution >= 0.6 is 0 Å². The molecule has 1 aliphatic rings. The fraction of sp³-hybridized carbons (Fsp3) is 0.462. The van der Waals surface area contributed by atoms with Gasteiger partial charge in [-0.2, -0.15) is 8.78 Å². The lowest BCUT2D eigenvalue weighted by Crippen LogP contribution is -2.49. The smallest absolute Gasteiger partial charge is 0.387 e. The number of carbonyl (C=O) groups excluding carboxylic acids is 1. The molecule has 21 heavy (non-hydrogen) atoms. The van der Waals surface area contributed by atoms with Gasteiger partial charge in [0.1, 0.15) is 11.8 Å². The summed E-state index contributed by atoms with van der Waals surface area (Å²) in [7, 11) is 0.119. The topological polar surface area (TPSA) is 64.6 Å². The highest BCUT2D eigenvalue weighted by Gasteiger charge is 2.31. The molecule has 5 nitrogen and oxygen atoms in total. The molecule has 1 N–H and O–H groups in total. The second kappa shape index (κ2) is 6.95. The SMILES string of the molecule is COC(=O)C1CS(=O)CC(c2ccc(OC(F)F)cc2)N1. The lowest BCUT2D eigenvalue weighted by atomic mass is 10.1. The van der Waals surface area contributed by atoms with Gasteiger partial charge in [0.15, 0.2) is 0 Å². The molecule has 0 radical (unpaired) electrons. The van der Waals surface area contributed by atoms with Gasteiger partial charge >= 0.3 is 12.6 Å². The van der Waals surface area contributed by atoms with Gasteiger partial charge in [-0.1, -0.05) is 12.1 Å². The first-order chi connectivity index (χ1) is 9.99. The summed E-state index contributed by atoms with van der Waals surface area (Å²) in [5, 5.41) is 3.05. The number of ether oxygens (including phenoxy) is 2. The average molecular weight is 319 g/mol. The van der Waals surface area contributed by atoms with Crippen LogP contribution in [-0.2, 0) is 20.3 Å². The minimum atomic E-state index is -2.88. The van der Waals surface area contributed by atoms with Crippen molar-refractivity contribution in [2.45, 2.75) is 18.7 Å². The molecule has 1 aromatic carbocycles. The maximum Gasteiger partial charge on any atom is 0.387 e. The third kappa shape index (κ3) is 4.21. The monoisotopic (exact) mass is 319 g/mol. The van der Waals surface area contributed by atoms with Gasteiger partial charge in [-0.3, -0.25) is 14.3 Å². The fourth-order valence-corrected chi connectivity index (χ4v) is 3.53. The van der Waals surface area contributed by atoms with Gasteiger partial charge in [0, 0.05) is 28.3 Å². The molecule has 0 bridgehead atoms. The first-order valence-corrected chi connectivity index (χ1v) is 7.72. The minimum Gasteiger partial charge on any atom is -0.468 e. The van der Waals surface area contributed by atoms with E-state index in [1.54, 1.807) is 12.1 Å². The Morgan fingerprint density at radius 1 is 1.33 bits per heavy atom. The van der Waals surface area contributed by atoms with Crippen molar-refractivity contribution in [2.24, 2.45) is 0 Å². The lowest BCUT2D eigenvalue weighted by Gasteiger charge is -2.29. The Kier molecular flexibility index (Phi) is 5.24. The highest BCUT2D eigenvalue weighted by atomic mass is 32.2. The molecule has 0 aromatic heterocycles. The Morgan fingerprint density at radius 3 is 2.57 bits per heavy atom. The second-order valence-corrected chi connectivity index (χ2v) is 6.06. The molecule has 0 aliphatic carbocycles. The van der Waals surface area contributed by atoms with Gasteiger partial charge in [0.25, 0.3) is 0 Å². The molecule has 2 rings (SSSR count). The third-order valence-electron chi connectivity index (χ3n) is 3.10. The first kappa shape index (κ1) is 15.8. The van der Waals surface area contributed by atoms with Gasteiger partial charge in [0.05, 0.1) is 7.11 Å². The van der Waals surface area contributed by atoms with Crippen LogP contribution in [0.25, 0.3) is 0 Å². The van der Waals surface area contributed by atoms with E-state index in [2.05, 4.69) is 14.8 Å². The summed E-state index contributed by atoms with van der Waals surface area (Å²) in [6.45, 7) is -2.88. The van der Waals surface area contributed by atoms with Gasteiger partial charge in [-0.05, 0) is 17.7 Å². The molecule has 0 saturated carbocycles. The van der Waals surface area contributed by atoms with E-state index < -0.39 is 29.4 Å². The highest BCUT2D eigenvalue weighted by Crippen LogP contribution is 2.23. The van der Waals surface area contributed by atoms with Gasteiger partial charge in [0.2, 0.25) is 0 Å². The Labute approximate surface area is 123 Å². The van der Waals surface area contributed by atoms with Crippen LogP contribution in [0.5, 0.6) is 5.75 Å². The van der Waals surface area contributed by atoms with Crippen LogP contribution in [0.3, 0.4) is 0 Å². The van der Waals surface area contributed by atoms with E-state index in [-0.39, 0.29) is 17.5 Å². The number of alkyl halides is 2. The van der Waals surface area contributed by atoms with E-state index in [9.17, 15) is 17.8 Å². The third-order valence-corrected chi connectivity index (χ3v) is 4.51. The summed E-state index contributed by atoms with van der Waals surface area (Å²) in [4.78, 5) is 11.5. The predicted molar refractivity (Wildman–Crippen MR) is 72.6 cm³/mol. The van der Waals surface area contributed by atoms with Crippen molar-refractivity contribution in [1.29, 1.82) is 0 Å². The van der Waals surface area contributed by atoms with Crippen molar-refractivity contribution in [3.8, 4) is 5.75 Å². The summed E-state index contributed by atoms with van der Waals surface area (Å²) in [6, 6.07) is 5.09. The van der Waals surface area contributed by atoms with Crippen LogP contribution in [0.15, 0.2) is 24.3 Å². The number of esters is 1. The Morgan fingerprint density at radius 2 is 2.00 bits per heavy atom. The minimum absolute atomic E-state index is 0.0511. The molecule has 8 heteroatoms. The van der Waals surface area contributed by atoms with Crippen molar-refractivity contribution >= 4 is 16.8 Å². The standard InChI is InChI=1S/C13H15F2NO4S/c1-19-12(17)11-7-21(18)6-10(16-11)8-2-4-9(5-3-8)20-13(14)15/h2-5,10-11,13,16H,6-7H2,1H3. The first-order valence-electron chi connectivity index (χ1n) is 6.23. The van der Waals surface area contributed by atoms with E-state index in [1.165, 1.54) is 19.2 Å². The lowest BCUT2D eigenvalue weighted by molar-refractivity contribution is -0.142. The summed E-state index contributed by atoms with van der Waals surface area (Å²) in [5.74, 6) is 0.138. The number of hydrogen-bond acceptors (Lipinski definition) is 5. The van der Waals surface area contributed by atoms with Gasteiger partial charge in [-0.25, -0.2) is 0 Å². The van der Waals surface area contributed by atoms with E-state index in [0.29, 0.717) is 5.75 Å². The normalized spacial score (nSPS) is 25.6. The maximum absolute atomic E-state index is 12.1. The van der Waals surface area contributed by atoms with E-state index in [1.807, 2.05) is 0 Å². The molecule has 1 heterocycles. The van der Waals surface area contributed by atoms with Crippen molar-refractivity contribution in [3.63, 3.8) is 0 Å². The van der Waals surface area contributed by atoms with Crippen molar-refractivity contribution in [1.82, 2.24) is 5.32 Å². The van der Waals surface area contributed by atoms with Crippen LogP contribution < -0.4 is 10.1 Å². The number of nitrogens with one attached hydrogen (secondary N) is 1. The number of halogens is 2. The average Bonchev–Trinajstić information content (AvgIpc) is 2.46. The van der Waals surface area contributed by atoms with Crippen LogP contribution in [-0.4, -0.2) is 41.4 Å². The molecule has 0 amide bonds. The van der Waals surface area contributed by atoms with Crippen LogP contribution in [0.4, 0.5) is 8.78 Å². The number of hydrogen-bond donors (Lipinski definition) is 1. The number of benzene rings is 1. The zero-order valence-electron chi connectivity index (χ0n) is 11.3. The van der Waals surface area contributed by atoms with E-state index >= 15 is 0 Å².